The van der Waals surface area contributed by atoms with Crippen LogP contribution in [0.4, 0.5) is 0 Å². The molecule has 2 rings (SSSR count). The average Bonchev–Trinajstić information content (AvgIpc) is 2.36. The molecule has 0 saturated carbocycles. The lowest BCUT2D eigenvalue weighted by molar-refractivity contribution is -0.136. The van der Waals surface area contributed by atoms with Crippen LogP contribution in [0, 0.1) is 0 Å². The standard InChI is InChI=1S/C7H9NO3/c1-2-11-8-6(1)3-10-7-4-9-5-7/h1-2,7H,3-5H2. The van der Waals surface area contributed by atoms with E-state index >= 15 is 0 Å². The van der Waals surface area contributed by atoms with Crippen molar-refractivity contribution < 1.29 is 14.0 Å². The summed E-state index contributed by atoms with van der Waals surface area (Å²) >= 11 is 0. The summed E-state index contributed by atoms with van der Waals surface area (Å²) in [4.78, 5) is 0. The molecule has 0 spiro atoms. The van der Waals surface area contributed by atoms with Gasteiger partial charge in [-0.2, -0.15) is 0 Å². The van der Waals surface area contributed by atoms with E-state index in [1.807, 2.05) is 0 Å². The SMILES string of the molecule is c1cc(COC2COC2)no1. The summed E-state index contributed by atoms with van der Waals surface area (Å²) in [5, 5.41) is 3.71. The van der Waals surface area contributed by atoms with Crippen LogP contribution in [0.5, 0.6) is 0 Å². The van der Waals surface area contributed by atoms with Gasteiger partial charge in [-0.3, -0.25) is 0 Å². The van der Waals surface area contributed by atoms with Crippen LogP contribution in [-0.4, -0.2) is 24.5 Å². The molecule has 0 aliphatic carbocycles. The van der Waals surface area contributed by atoms with Gasteiger partial charge in [0, 0.05) is 6.07 Å². The highest BCUT2D eigenvalue weighted by atomic mass is 16.6. The third kappa shape index (κ3) is 1.58. The Kier molecular flexibility index (Phi) is 1.87. The lowest BCUT2D eigenvalue weighted by Gasteiger charge is -2.25. The van der Waals surface area contributed by atoms with Gasteiger partial charge in [0.25, 0.3) is 0 Å². The molecule has 0 bridgehead atoms. The Morgan fingerprint density at radius 2 is 2.55 bits per heavy atom. The predicted octanol–water partition coefficient (Wildman–Crippen LogP) is 0.590. The first-order valence-corrected chi connectivity index (χ1v) is 3.54. The van der Waals surface area contributed by atoms with Gasteiger partial charge in [0.2, 0.25) is 0 Å². The van der Waals surface area contributed by atoms with E-state index in [2.05, 4.69) is 9.68 Å². The van der Waals surface area contributed by atoms with Gasteiger partial charge >= 0.3 is 0 Å². The summed E-state index contributed by atoms with van der Waals surface area (Å²) in [6, 6.07) is 1.79. The summed E-state index contributed by atoms with van der Waals surface area (Å²) in [6.45, 7) is 1.93. The van der Waals surface area contributed by atoms with Gasteiger partial charge in [0.15, 0.2) is 0 Å². The van der Waals surface area contributed by atoms with Gasteiger partial charge in [-0.05, 0) is 0 Å². The molecule has 1 aromatic heterocycles. The third-order valence-electron chi connectivity index (χ3n) is 1.57. The first-order valence-electron chi connectivity index (χ1n) is 3.54. The Labute approximate surface area is 64.1 Å². The number of hydrogen-bond acceptors (Lipinski definition) is 4. The number of hydrogen-bond donors (Lipinski definition) is 0. The Bertz CT molecular complexity index is 205. The van der Waals surface area contributed by atoms with Gasteiger partial charge < -0.3 is 14.0 Å². The zero-order chi connectivity index (χ0) is 7.52. The van der Waals surface area contributed by atoms with Crippen molar-refractivity contribution in [3.8, 4) is 0 Å². The molecular formula is C7H9NO3. The highest BCUT2D eigenvalue weighted by Crippen LogP contribution is 2.08. The van der Waals surface area contributed by atoms with Gasteiger partial charge in [0.1, 0.15) is 18.1 Å². The molecule has 1 aliphatic heterocycles. The highest BCUT2D eigenvalue weighted by Gasteiger charge is 2.18. The van der Waals surface area contributed by atoms with Crippen LogP contribution in [0.1, 0.15) is 5.69 Å². The van der Waals surface area contributed by atoms with Crippen molar-refractivity contribution in [1.29, 1.82) is 0 Å². The minimum atomic E-state index is 0.256. The van der Waals surface area contributed by atoms with Crippen LogP contribution in [0.3, 0.4) is 0 Å². The molecule has 1 fully saturated rings. The number of ether oxygens (including phenoxy) is 2. The molecule has 0 atom stereocenters. The van der Waals surface area contributed by atoms with Crippen molar-refractivity contribution >= 4 is 0 Å². The average molecular weight is 155 g/mol. The molecule has 1 aliphatic rings. The molecular weight excluding hydrogens is 146 g/mol. The minimum absolute atomic E-state index is 0.256. The lowest BCUT2D eigenvalue weighted by Crippen LogP contribution is -2.35. The van der Waals surface area contributed by atoms with Crippen LogP contribution >= 0.6 is 0 Å². The van der Waals surface area contributed by atoms with Crippen molar-refractivity contribution in [3.63, 3.8) is 0 Å². The molecule has 0 amide bonds. The highest BCUT2D eigenvalue weighted by molar-refractivity contribution is 4.92. The fourth-order valence-electron chi connectivity index (χ4n) is 0.826. The third-order valence-corrected chi connectivity index (χ3v) is 1.57. The Hall–Kier alpha value is -0.870. The van der Waals surface area contributed by atoms with Gasteiger partial charge in [-0.15, -0.1) is 0 Å². The van der Waals surface area contributed by atoms with Crippen molar-refractivity contribution in [2.75, 3.05) is 13.2 Å². The van der Waals surface area contributed by atoms with Crippen molar-refractivity contribution in [3.05, 3.63) is 18.0 Å². The van der Waals surface area contributed by atoms with Crippen LogP contribution < -0.4 is 0 Å². The van der Waals surface area contributed by atoms with Gasteiger partial charge in [-0.1, -0.05) is 5.16 Å². The van der Waals surface area contributed by atoms with E-state index in [1.54, 1.807) is 6.07 Å². The maximum Gasteiger partial charge on any atom is 0.124 e. The van der Waals surface area contributed by atoms with E-state index in [9.17, 15) is 0 Å². The van der Waals surface area contributed by atoms with Gasteiger partial charge in [-0.25, -0.2) is 0 Å². The second-order valence-corrected chi connectivity index (χ2v) is 2.46. The van der Waals surface area contributed by atoms with Crippen LogP contribution in [-0.2, 0) is 16.1 Å². The zero-order valence-corrected chi connectivity index (χ0v) is 6.03. The molecule has 2 heterocycles. The molecule has 0 N–H and O–H groups in total. The number of aromatic nitrogens is 1. The predicted molar refractivity (Wildman–Crippen MR) is 35.9 cm³/mol. The quantitative estimate of drug-likeness (QED) is 0.640. The number of rotatable bonds is 3. The number of nitrogens with zero attached hydrogens (tertiary/aromatic N) is 1. The maximum absolute atomic E-state index is 5.37. The van der Waals surface area contributed by atoms with Gasteiger partial charge in [0.05, 0.1) is 19.8 Å². The summed E-state index contributed by atoms with van der Waals surface area (Å²) in [7, 11) is 0. The molecule has 11 heavy (non-hydrogen) atoms. The normalized spacial score (nSPS) is 18.2. The monoisotopic (exact) mass is 155 g/mol. The van der Waals surface area contributed by atoms with Crippen molar-refractivity contribution in [2.45, 2.75) is 12.7 Å². The van der Waals surface area contributed by atoms with Crippen LogP contribution in [0.15, 0.2) is 16.9 Å². The van der Waals surface area contributed by atoms with E-state index in [-0.39, 0.29) is 6.10 Å². The van der Waals surface area contributed by atoms with Crippen LogP contribution in [0.25, 0.3) is 0 Å². The fourth-order valence-corrected chi connectivity index (χ4v) is 0.826. The fraction of sp³-hybridized carbons (Fsp3) is 0.571. The first kappa shape index (κ1) is 6.82. The van der Waals surface area contributed by atoms with Crippen LogP contribution in [0.2, 0.25) is 0 Å². The Morgan fingerprint density at radius 1 is 1.64 bits per heavy atom. The maximum atomic E-state index is 5.37. The summed E-state index contributed by atoms with van der Waals surface area (Å²) in [5.74, 6) is 0. The summed E-state index contributed by atoms with van der Waals surface area (Å²) < 4.78 is 14.9. The summed E-state index contributed by atoms with van der Waals surface area (Å²) in [6.07, 6.45) is 1.79. The molecule has 0 radical (unpaired) electrons. The van der Waals surface area contributed by atoms with E-state index in [4.69, 9.17) is 9.47 Å². The lowest BCUT2D eigenvalue weighted by atomic mass is 10.3. The van der Waals surface area contributed by atoms with E-state index in [0.717, 1.165) is 5.69 Å². The molecule has 0 unspecified atom stereocenters. The van der Waals surface area contributed by atoms with E-state index in [1.165, 1.54) is 6.26 Å². The minimum Gasteiger partial charge on any atom is -0.376 e. The second kappa shape index (κ2) is 3.02. The van der Waals surface area contributed by atoms with E-state index < -0.39 is 0 Å². The smallest absolute Gasteiger partial charge is 0.124 e. The Morgan fingerprint density at radius 3 is 3.09 bits per heavy atom. The molecule has 60 valence electrons. The topological polar surface area (TPSA) is 44.5 Å². The molecule has 1 aromatic rings. The molecule has 4 heteroatoms. The first-order chi connectivity index (χ1) is 5.45. The molecule has 0 aromatic carbocycles. The van der Waals surface area contributed by atoms with Crippen molar-refractivity contribution in [2.24, 2.45) is 0 Å². The van der Waals surface area contributed by atoms with Crippen molar-refractivity contribution in [1.82, 2.24) is 5.16 Å². The Balaban J connectivity index is 1.74. The second-order valence-electron chi connectivity index (χ2n) is 2.46. The van der Waals surface area contributed by atoms with E-state index in [0.29, 0.717) is 19.8 Å². The summed E-state index contributed by atoms with van der Waals surface area (Å²) in [5.41, 5.74) is 0.830. The zero-order valence-electron chi connectivity index (χ0n) is 6.03. The largest absolute Gasteiger partial charge is 0.376 e. The molecule has 4 nitrogen and oxygen atoms in total. The molecule has 1 saturated heterocycles.